The highest BCUT2D eigenvalue weighted by Crippen LogP contribution is 1.85. The highest BCUT2D eigenvalue weighted by Gasteiger charge is 2.02. The predicted octanol–water partition coefficient (Wildman–Crippen LogP) is 0.642. The minimum atomic E-state index is 0.0309. The van der Waals surface area contributed by atoms with E-state index in [9.17, 15) is 4.79 Å². The Balaban J connectivity index is 3.97. The molecule has 0 fully saturated rings. The van der Waals surface area contributed by atoms with Crippen LogP contribution in [0.25, 0.3) is 0 Å². The number of guanidine groups is 1. The van der Waals surface area contributed by atoms with Crippen LogP contribution in [0.4, 0.5) is 0 Å². The van der Waals surface area contributed by atoms with Gasteiger partial charge in [-0.1, -0.05) is 6.08 Å². The Kier molecular flexibility index (Phi) is 8.82. The van der Waals surface area contributed by atoms with Crippen molar-refractivity contribution in [2.75, 3.05) is 19.6 Å². The van der Waals surface area contributed by atoms with Crippen LogP contribution in [-0.4, -0.2) is 37.5 Å². The van der Waals surface area contributed by atoms with Crippen molar-refractivity contribution in [3.05, 3.63) is 12.7 Å². The summed E-state index contributed by atoms with van der Waals surface area (Å²) in [4.78, 5) is 15.7. The monoisotopic (exact) mass is 240 g/mol. The summed E-state index contributed by atoms with van der Waals surface area (Å²) in [7, 11) is 0. The van der Waals surface area contributed by atoms with Gasteiger partial charge in [0.25, 0.3) is 0 Å². The molecule has 0 aliphatic rings. The summed E-state index contributed by atoms with van der Waals surface area (Å²) in [5.41, 5.74) is 0. The van der Waals surface area contributed by atoms with Crippen molar-refractivity contribution in [1.82, 2.24) is 16.0 Å². The summed E-state index contributed by atoms with van der Waals surface area (Å²) in [6.07, 6.45) is 2.17. The Labute approximate surface area is 104 Å². The van der Waals surface area contributed by atoms with E-state index in [1.54, 1.807) is 6.08 Å². The first-order valence-electron chi connectivity index (χ1n) is 6.02. The third kappa shape index (κ3) is 9.41. The third-order valence-corrected chi connectivity index (χ3v) is 1.82. The van der Waals surface area contributed by atoms with E-state index in [2.05, 4.69) is 27.5 Å². The maximum Gasteiger partial charge on any atom is 0.222 e. The Hall–Kier alpha value is -1.52. The SMILES string of the molecule is C=CCNC(=NCCC(=O)NC(C)C)NCC. The molecular weight excluding hydrogens is 216 g/mol. The molecule has 5 nitrogen and oxygen atoms in total. The zero-order valence-corrected chi connectivity index (χ0v) is 11.0. The zero-order chi connectivity index (χ0) is 13.1. The molecule has 0 spiro atoms. The molecule has 0 radical (unpaired) electrons. The van der Waals surface area contributed by atoms with Gasteiger partial charge in [0.15, 0.2) is 5.96 Å². The Morgan fingerprint density at radius 2 is 2.12 bits per heavy atom. The maximum atomic E-state index is 11.4. The lowest BCUT2D eigenvalue weighted by Gasteiger charge is -2.10. The Morgan fingerprint density at radius 1 is 1.41 bits per heavy atom. The van der Waals surface area contributed by atoms with Gasteiger partial charge in [-0.15, -0.1) is 6.58 Å². The third-order valence-electron chi connectivity index (χ3n) is 1.82. The van der Waals surface area contributed by atoms with Gasteiger partial charge in [0.1, 0.15) is 0 Å². The maximum absolute atomic E-state index is 11.4. The fourth-order valence-corrected chi connectivity index (χ4v) is 1.17. The quantitative estimate of drug-likeness (QED) is 0.348. The molecule has 5 heteroatoms. The highest BCUT2D eigenvalue weighted by molar-refractivity contribution is 5.81. The van der Waals surface area contributed by atoms with E-state index in [1.165, 1.54) is 0 Å². The zero-order valence-electron chi connectivity index (χ0n) is 11.0. The minimum Gasteiger partial charge on any atom is -0.357 e. The van der Waals surface area contributed by atoms with Gasteiger partial charge in [-0.3, -0.25) is 9.79 Å². The first-order valence-corrected chi connectivity index (χ1v) is 6.02. The molecule has 0 heterocycles. The van der Waals surface area contributed by atoms with Crippen LogP contribution in [0.5, 0.6) is 0 Å². The van der Waals surface area contributed by atoms with Crippen molar-refractivity contribution in [3.8, 4) is 0 Å². The summed E-state index contributed by atoms with van der Waals surface area (Å²) in [5.74, 6) is 0.744. The fraction of sp³-hybridized carbons (Fsp3) is 0.667. The van der Waals surface area contributed by atoms with Gasteiger partial charge in [-0.2, -0.15) is 0 Å². The molecule has 0 aliphatic heterocycles. The predicted molar refractivity (Wildman–Crippen MR) is 72.1 cm³/mol. The smallest absolute Gasteiger partial charge is 0.222 e. The van der Waals surface area contributed by atoms with Crippen LogP contribution in [-0.2, 0) is 4.79 Å². The van der Waals surface area contributed by atoms with Gasteiger partial charge >= 0.3 is 0 Å². The van der Waals surface area contributed by atoms with Crippen LogP contribution < -0.4 is 16.0 Å². The number of rotatable bonds is 7. The van der Waals surface area contributed by atoms with Crippen LogP contribution in [0.1, 0.15) is 27.2 Å². The molecule has 0 aliphatic carbocycles. The second kappa shape index (κ2) is 9.69. The van der Waals surface area contributed by atoms with Gasteiger partial charge in [0, 0.05) is 25.6 Å². The second-order valence-corrected chi connectivity index (χ2v) is 3.90. The molecule has 3 N–H and O–H groups in total. The first-order chi connectivity index (χ1) is 8.10. The molecule has 98 valence electrons. The molecule has 0 aromatic rings. The average molecular weight is 240 g/mol. The van der Waals surface area contributed by atoms with Crippen LogP contribution in [0.15, 0.2) is 17.6 Å². The second-order valence-electron chi connectivity index (χ2n) is 3.90. The van der Waals surface area contributed by atoms with Crippen molar-refractivity contribution >= 4 is 11.9 Å². The van der Waals surface area contributed by atoms with E-state index in [0.29, 0.717) is 25.5 Å². The van der Waals surface area contributed by atoms with Gasteiger partial charge < -0.3 is 16.0 Å². The van der Waals surface area contributed by atoms with Crippen LogP contribution in [0, 0.1) is 0 Å². The van der Waals surface area contributed by atoms with Gasteiger partial charge in [-0.05, 0) is 20.8 Å². The van der Waals surface area contributed by atoms with Gasteiger partial charge in [-0.25, -0.2) is 0 Å². The molecular formula is C12H24N4O. The largest absolute Gasteiger partial charge is 0.357 e. The van der Waals surface area contributed by atoms with E-state index < -0.39 is 0 Å². The molecule has 0 atom stereocenters. The van der Waals surface area contributed by atoms with Crippen LogP contribution in [0.3, 0.4) is 0 Å². The number of nitrogens with one attached hydrogen (secondary N) is 3. The lowest BCUT2D eigenvalue weighted by molar-refractivity contribution is -0.121. The summed E-state index contributed by atoms with van der Waals surface area (Å²) < 4.78 is 0. The summed E-state index contributed by atoms with van der Waals surface area (Å²) in [5, 5.41) is 8.99. The van der Waals surface area contributed by atoms with E-state index in [4.69, 9.17) is 0 Å². The molecule has 0 aromatic carbocycles. The highest BCUT2D eigenvalue weighted by atomic mass is 16.1. The van der Waals surface area contributed by atoms with E-state index >= 15 is 0 Å². The van der Waals surface area contributed by atoms with Crippen LogP contribution in [0.2, 0.25) is 0 Å². The minimum absolute atomic E-state index is 0.0309. The van der Waals surface area contributed by atoms with E-state index in [-0.39, 0.29) is 11.9 Å². The van der Waals surface area contributed by atoms with Gasteiger partial charge in [0.05, 0.1) is 6.54 Å². The molecule has 0 aromatic heterocycles. The summed E-state index contributed by atoms with van der Waals surface area (Å²) in [6, 6.07) is 0.179. The van der Waals surface area contributed by atoms with Crippen LogP contribution >= 0.6 is 0 Å². The number of carbonyl (C=O) groups excluding carboxylic acids is 1. The number of aliphatic imine (C=N–C) groups is 1. The number of nitrogens with zero attached hydrogens (tertiary/aromatic N) is 1. The standard InChI is InChI=1S/C12H24N4O/c1-5-8-14-12(13-6-2)15-9-7-11(17)16-10(3)4/h5,10H,1,6-9H2,2-4H3,(H,16,17)(H2,13,14,15). The molecule has 0 rings (SSSR count). The molecule has 0 unspecified atom stereocenters. The Morgan fingerprint density at radius 3 is 2.65 bits per heavy atom. The van der Waals surface area contributed by atoms with Crippen molar-refractivity contribution < 1.29 is 4.79 Å². The summed E-state index contributed by atoms with van der Waals surface area (Å²) in [6.45, 7) is 11.4. The number of hydrogen-bond donors (Lipinski definition) is 3. The average Bonchev–Trinajstić information content (AvgIpc) is 2.24. The lowest BCUT2D eigenvalue weighted by Crippen LogP contribution is -2.37. The van der Waals surface area contributed by atoms with Crippen molar-refractivity contribution in [3.63, 3.8) is 0 Å². The topological polar surface area (TPSA) is 65.5 Å². The molecule has 0 saturated heterocycles. The van der Waals surface area contributed by atoms with Crippen molar-refractivity contribution in [1.29, 1.82) is 0 Å². The molecule has 17 heavy (non-hydrogen) atoms. The summed E-state index contributed by atoms with van der Waals surface area (Å²) >= 11 is 0. The van der Waals surface area contributed by atoms with Gasteiger partial charge in [0.2, 0.25) is 5.91 Å². The van der Waals surface area contributed by atoms with E-state index in [0.717, 1.165) is 6.54 Å². The molecule has 1 amide bonds. The molecule has 0 bridgehead atoms. The number of amides is 1. The lowest BCUT2D eigenvalue weighted by atomic mass is 10.3. The van der Waals surface area contributed by atoms with Crippen molar-refractivity contribution in [2.24, 2.45) is 4.99 Å². The number of carbonyl (C=O) groups is 1. The first kappa shape index (κ1) is 15.5. The fourth-order valence-electron chi connectivity index (χ4n) is 1.17. The Bertz CT molecular complexity index is 261. The normalized spacial score (nSPS) is 11.2. The van der Waals surface area contributed by atoms with E-state index in [1.807, 2.05) is 20.8 Å². The molecule has 0 saturated carbocycles. The number of hydrogen-bond acceptors (Lipinski definition) is 2. The van der Waals surface area contributed by atoms with Crippen molar-refractivity contribution in [2.45, 2.75) is 33.2 Å².